The van der Waals surface area contributed by atoms with Gasteiger partial charge in [0.05, 0.1) is 12.1 Å². The van der Waals surface area contributed by atoms with Gasteiger partial charge in [-0.15, -0.1) is 0 Å². The van der Waals surface area contributed by atoms with E-state index in [-0.39, 0.29) is 5.41 Å². The van der Waals surface area contributed by atoms with Crippen LogP contribution in [0.15, 0.2) is 36.5 Å². The number of aromatic nitrogens is 1. The van der Waals surface area contributed by atoms with Crippen molar-refractivity contribution in [1.82, 2.24) is 4.98 Å². The summed E-state index contributed by atoms with van der Waals surface area (Å²) in [6.07, 6.45) is 4.14. The first-order valence-corrected chi connectivity index (χ1v) is 5.51. The molecule has 1 aliphatic rings. The van der Waals surface area contributed by atoms with Crippen LogP contribution in [0.25, 0.3) is 10.9 Å². The molecule has 0 saturated heterocycles. The SMILES string of the molecule is NOCC1(c2ccc3ncccc3c2)CC1. The quantitative estimate of drug-likeness (QED) is 0.796. The fourth-order valence-electron chi connectivity index (χ4n) is 2.23. The average molecular weight is 214 g/mol. The molecule has 82 valence electrons. The first-order chi connectivity index (χ1) is 7.84. The fourth-order valence-corrected chi connectivity index (χ4v) is 2.23. The lowest BCUT2D eigenvalue weighted by atomic mass is 9.95. The number of hydrogen-bond donors (Lipinski definition) is 1. The molecule has 0 aliphatic heterocycles. The monoisotopic (exact) mass is 214 g/mol. The van der Waals surface area contributed by atoms with Crippen LogP contribution < -0.4 is 5.90 Å². The van der Waals surface area contributed by atoms with Gasteiger partial charge in [-0.1, -0.05) is 12.1 Å². The summed E-state index contributed by atoms with van der Waals surface area (Å²) in [6.45, 7) is 0.610. The summed E-state index contributed by atoms with van der Waals surface area (Å²) in [5.41, 5.74) is 2.52. The van der Waals surface area contributed by atoms with Gasteiger partial charge in [0, 0.05) is 17.0 Å². The van der Waals surface area contributed by atoms with Crippen LogP contribution in [-0.4, -0.2) is 11.6 Å². The normalized spacial score (nSPS) is 17.6. The molecule has 2 aromatic rings. The van der Waals surface area contributed by atoms with Gasteiger partial charge < -0.3 is 4.84 Å². The third-order valence-corrected chi connectivity index (χ3v) is 3.43. The molecule has 1 aromatic heterocycles. The number of benzene rings is 1. The van der Waals surface area contributed by atoms with Gasteiger partial charge in [0.1, 0.15) is 0 Å². The standard InChI is InChI=1S/C13H14N2O/c14-16-9-13(5-6-13)11-3-4-12-10(8-11)2-1-7-15-12/h1-4,7-8H,5-6,9,14H2. The molecule has 1 fully saturated rings. The predicted molar refractivity (Wildman–Crippen MR) is 62.8 cm³/mol. The zero-order valence-electron chi connectivity index (χ0n) is 9.02. The van der Waals surface area contributed by atoms with Gasteiger partial charge >= 0.3 is 0 Å². The second-order valence-electron chi connectivity index (χ2n) is 4.50. The molecule has 1 aromatic carbocycles. The predicted octanol–water partition coefficient (Wildman–Crippen LogP) is 2.16. The maximum Gasteiger partial charge on any atom is 0.0775 e. The molecule has 1 saturated carbocycles. The van der Waals surface area contributed by atoms with E-state index in [1.54, 1.807) is 0 Å². The van der Waals surface area contributed by atoms with Gasteiger partial charge in [-0.3, -0.25) is 4.98 Å². The van der Waals surface area contributed by atoms with Crippen LogP contribution in [0, 0.1) is 0 Å². The summed E-state index contributed by atoms with van der Waals surface area (Å²) < 4.78 is 0. The van der Waals surface area contributed by atoms with Gasteiger partial charge in [0.15, 0.2) is 0 Å². The highest BCUT2D eigenvalue weighted by Gasteiger charge is 2.44. The maximum absolute atomic E-state index is 5.19. The lowest BCUT2D eigenvalue weighted by Gasteiger charge is -2.14. The molecule has 0 atom stereocenters. The first kappa shape index (κ1) is 9.75. The highest BCUT2D eigenvalue weighted by Crippen LogP contribution is 2.48. The Morgan fingerprint density at radius 2 is 2.19 bits per heavy atom. The number of rotatable bonds is 3. The molecule has 1 aliphatic carbocycles. The van der Waals surface area contributed by atoms with Crippen LogP contribution in [0.5, 0.6) is 0 Å². The molecule has 3 heteroatoms. The average Bonchev–Trinajstić information content (AvgIpc) is 3.10. The zero-order chi connectivity index (χ0) is 11.0. The van der Waals surface area contributed by atoms with E-state index in [1.165, 1.54) is 10.9 Å². The summed E-state index contributed by atoms with van der Waals surface area (Å²) in [7, 11) is 0. The third kappa shape index (κ3) is 1.49. The molecule has 2 N–H and O–H groups in total. The van der Waals surface area contributed by atoms with E-state index in [2.05, 4.69) is 29.2 Å². The summed E-state index contributed by atoms with van der Waals surface area (Å²) in [6, 6.07) is 10.5. The van der Waals surface area contributed by atoms with Crippen molar-refractivity contribution in [3.8, 4) is 0 Å². The Morgan fingerprint density at radius 3 is 2.94 bits per heavy atom. The molecule has 3 nitrogen and oxygen atoms in total. The number of fused-ring (bicyclic) bond motifs is 1. The number of nitrogens with zero attached hydrogens (tertiary/aromatic N) is 1. The van der Waals surface area contributed by atoms with Gasteiger partial charge in [0.25, 0.3) is 0 Å². The van der Waals surface area contributed by atoms with E-state index >= 15 is 0 Å². The molecule has 16 heavy (non-hydrogen) atoms. The van der Waals surface area contributed by atoms with Crippen molar-refractivity contribution < 1.29 is 4.84 Å². The van der Waals surface area contributed by atoms with Gasteiger partial charge in [-0.2, -0.15) is 0 Å². The molecule has 0 bridgehead atoms. The summed E-state index contributed by atoms with van der Waals surface area (Å²) >= 11 is 0. The topological polar surface area (TPSA) is 48.1 Å². The molecule has 0 unspecified atom stereocenters. The van der Waals surface area contributed by atoms with Gasteiger partial charge in [0.2, 0.25) is 0 Å². The Balaban J connectivity index is 2.05. The van der Waals surface area contributed by atoms with E-state index in [0.29, 0.717) is 6.61 Å². The number of nitrogens with two attached hydrogens (primary N) is 1. The first-order valence-electron chi connectivity index (χ1n) is 5.51. The lowest BCUT2D eigenvalue weighted by Crippen LogP contribution is -2.17. The highest BCUT2D eigenvalue weighted by molar-refractivity contribution is 5.79. The van der Waals surface area contributed by atoms with Crippen molar-refractivity contribution in [2.75, 3.05) is 6.61 Å². The largest absolute Gasteiger partial charge is 0.304 e. The van der Waals surface area contributed by atoms with Gasteiger partial charge in [-0.25, -0.2) is 5.90 Å². The Bertz CT molecular complexity index is 520. The van der Waals surface area contributed by atoms with Gasteiger partial charge in [-0.05, 0) is 36.6 Å². The van der Waals surface area contributed by atoms with E-state index in [9.17, 15) is 0 Å². The van der Waals surface area contributed by atoms with Crippen LogP contribution in [0.4, 0.5) is 0 Å². The molecule has 0 amide bonds. The minimum absolute atomic E-state index is 0.165. The highest BCUT2D eigenvalue weighted by atomic mass is 16.6. The maximum atomic E-state index is 5.19. The molecular weight excluding hydrogens is 200 g/mol. The van der Waals surface area contributed by atoms with Crippen molar-refractivity contribution >= 4 is 10.9 Å². The van der Waals surface area contributed by atoms with Crippen molar-refractivity contribution in [2.45, 2.75) is 18.3 Å². The van der Waals surface area contributed by atoms with E-state index in [4.69, 9.17) is 10.7 Å². The minimum atomic E-state index is 0.165. The summed E-state index contributed by atoms with van der Waals surface area (Å²) in [5.74, 6) is 5.19. The number of pyridine rings is 1. The van der Waals surface area contributed by atoms with Crippen molar-refractivity contribution in [1.29, 1.82) is 0 Å². The lowest BCUT2D eigenvalue weighted by molar-refractivity contribution is 0.116. The molecule has 0 radical (unpaired) electrons. The Morgan fingerprint density at radius 1 is 1.31 bits per heavy atom. The smallest absolute Gasteiger partial charge is 0.0775 e. The Labute approximate surface area is 94.2 Å². The van der Waals surface area contributed by atoms with Crippen molar-refractivity contribution in [3.63, 3.8) is 0 Å². The second kappa shape index (κ2) is 3.54. The van der Waals surface area contributed by atoms with E-state index < -0.39 is 0 Å². The van der Waals surface area contributed by atoms with Crippen LogP contribution in [0.3, 0.4) is 0 Å². The third-order valence-electron chi connectivity index (χ3n) is 3.43. The molecule has 1 heterocycles. The molecule has 0 spiro atoms. The van der Waals surface area contributed by atoms with E-state index in [1.807, 2.05) is 12.3 Å². The fraction of sp³-hybridized carbons (Fsp3) is 0.308. The molecule has 3 rings (SSSR count). The van der Waals surface area contributed by atoms with Crippen LogP contribution in [0.2, 0.25) is 0 Å². The van der Waals surface area contributed by atoms with Crippen LogP contribution in [-0.2, 0) is 10.3 Å². The summed E-state index contributed by atoms with van der Waals surface area (Å²) in [5, 5.41) is 1.18. The Hall–Kier alpha value is -1.45. The van der Waals surface area contributed by atoms with E-state index in [0.717, 1.165) is 18.4 Å². The van der Waals surface area contributed by atoms with Crippen molar-refractivity contribution in [3.05, 3.63) is 42.1 Å². The number of hydrogen-bond acceptors (Lipinski definition) is 3. The zero-order valence-corrected chi connectivity index (χ0v) is 9.02. The van der Waals surface area contributed by atoms with Crippen molar-refractivity contribution in [2.24, 2.45) is 5.90 Å². The van der Waals surface area contributed by atoms with Crippen LogP contribution >= 0.6 is 0 Å². The second-order valence-corrected chi connectivity index (χ2v) is 4.50. The van der Waals surface area contributed by atoms with Crippen LogP contribution in [0.1, 0.15) is 18.4 Å². The summed E-state index contributed by atoms with van der Waals surface area (Å²) in [4.78, 5) is 9.13. The Kier molecular flexibility index (Phi) is 2.16. The molecular formula is C13H14N2O. The minimum Gasteiger partial charge on any atom is -0.304 e.